The van der Waals surface area contributed by atoms with Gasteiger partial charge in [-0.05, 0) is 59.6 Å². The molecular weight excluding hydrogens is 448 g/mol. The smallest absolute Gasteiger partial charge is 0.251 e. The van der Waals surface area contributed by atoms with E-state index in [-0.39, 0.29) is 10.8 Å². The number of benzene rings is 3. The molecule has 1 fully saturated rings. The van der Waals surface area contributed by atoms with Crippen molar-refractivity contribution >= 4 is 15.9 Å². The summed E-state index contributed by atoms with van der Waals surface area (Å²) >= 11 is 0. The van der Waals surface area contributed by atoms with E-state index in [2.05, 4.69) is 56.7 Å². The summed E-state index contributed by atoms with van der Waals surface area (Å²) < 4.78 is 26.3. The van der Waals surface area contributed by atoms with Crippen molar-refractivity contribution in [1.82, 2.24) is 20.3 Å². The van der Waals surface area contributed by atoms with Gasteiger partial charge < -0.3 is 10.6 Å². The molecule has 0 aromatic heterocycles. The number of nitrogens with zero attached hydrogens (tertiary/aromatic N) is 1. The van der Waals surface area contributed by atoms with Gasteiger partial charge in [-0.3, -0.25) is 9.69 Å². The molecule has 3 N–H and O–H groups in total. The van der Waals surface area contributed by atoms with Gasteiger partial charge in [-0.2, -0.15) is 0 Å². The van der Waals surface area contributed by atoms with Crippen molar-refractivity contribution in [2.24, 2.45) is 0 Å². The summed E-state index contributed by atoms with van der Waals surface area (Å²) in [5.74, 6) is -0.323. The molecule has 7 nitrogen and oxygen atoms in total. The predicted molar refractivity (Wildman–Crippen MR) is 134 cm³/mol. The van der Waals surface area contributed by atoms with Crippen molar-refractivity contribution in [2.75, 3.05) is 33.2 Å². The van der Waals surface area contributed by atoms with Crippen LogP contribution in [0.3, 0.4) is 0 Å². The number of sulfonamides is 1. The third-order valence-corrected chi connectivity index (χ3v) is 7.34. The van der Waals surface area contributed by atoms with Gasteiger partial charge in [-0.1, -0.05) is 42.5 Å². The van der Waals surface area contributed by atoms with Crippen LogP contribution in [0.1, 0.15) is 21.5 Å². The minimum Gasteiger partial charge on any atom is -0.348 e. The monoisotopic (exact) mass is 478 g/mol. The van der Waals surface area contributed by atoms with Crippen molar-refractivity contribution < 1.29 is 13.2 Å². The summed E-state index contributed by atoms with van der Waals surface area (Å²) in [5, 5.41) is 6.27. The van der Waals surface area contributed by atoms with Crippen molar-refractivity contribution in [3.8, 4) is 11.1 Å². The first-order valence-corrected chi connectivity index (χ1v) is 12.9. The molecule has 178 valence electrons. The minimum absolute atomic E-state index is 0.0605. The van der Waals surface area contributed by atoms with Crippen molar-refractivity contribution in [2.45, 2.75) is 18.0 Å². The Labute approximate surface area is 201 Å². The highest BCUT2D eigenvalue weighted by Crippen LogP contribution is 2.22. The fourth-order valence-electron chi connectivity index (χ4n) is 4.04. The molecule has 8 heteroatoms. The topological polar surface area (TPSA) is 90.5 Å². The van der Waals surface area contributed by atoms with E-state index < -0.39 is 10.0 Å². The van der Waals surface area contributed by atoms with E-state index in [1.165, 1.54) is 24.7 Å². The molecule has 0 atom stereocenters. The van der Waals surface area contributed by atoms with E-state index >= 15 is 0 Å². The highest BCUT2D eigenvalue weighted by atomic mass is 32.2. The first-order chi connectivity index (χ1) is 16.4. The van der Waals surface area contributed by atoms with Gasteiger partial charge in [0.05, 0.1) is 4.90 Å². The molecule has 3 aromatic carbocycles. The molecule has 1 amide bonds. The second-order valence-electron chi connectivity index (χ2n) is 8.34. The Morgan fingerprint density at radius 3 is 2.26 bits per heavy atom. The van der Waals surface area contributed by atoms with Crippen LogP contribution in [0.2, 0.25) is 0 Å². The first kappa shape index (κ1) is 24.1. The lowest BCUT2D eigenvalue weighted by molar-refractivity contribution is 0.0950. The van der Waals surface area contributed by atoms with Crippen LogP contribution in [-0.4, -0.2) is 52.5 Å². The molecule has 0 saturated carbocycles. The lowest BCUT2D eigenvalue weighted by atomic mass is 10.0. The summed E-state index contributed by atoms with van der Waals surface area (Å²) in [7, 11) is -2.26. The average Bonchev–Trinajstić information content (AvgIpc) is 2.88. The summed E-state index contributed by atoms with van der Waals surface area (Å²) in [6.45, 7) is 5.46. The van der Waals surface area contributed by atoms with Crippen LogP contribution in [-0.2, 0) is 23.1 Å². The van der Waals surface area contributed by atoms with Gasteiger partial charge in [0, 0.05) is 44.8 Å². The molecule has 3 aromatic rings. The largest absolute Gasteiger partial charge is 0.348 e. The molecule has 1 saturated heterocycles. The molecule has 34 heavy (non-hydrogen) atoms. The molecule has 4 rings (SSSR count). The van der Waals surface area contributed by atoms with Gasteiger partial charge in [0.2, 0.25) is 10.0 Å². The number of nitrogens with one attached hydrogen (secondary N) is 3. The van der Waals surface area contributed by atoms with Gasteiger partial charge >= 0.3 is 0 Å². The molecular formula is C26H30N4O3S. The zero-order valence-electron chi connectivity index (χ0n) is 19.3. The lowest BCUT2D eigenvalue weighted by Crippen LogP contribution is -2.42. The fraction of sp³-hybridized carbons (Fsp3) is 0.269. The van der Waals surface area contributed by atoms with E-state index in [1.54, 1.807) is 12.1 Å². The Morgan fingerprint density at radius 1 is 0.912 bits per heavy atom. The zero-order valence-corrected chi connectivity index (χ0v) is 20.1. The van der Waals surface area contributed by atoms with E-state index in [0.29, 0.717) is 12.1 Å². The van der Waals surface area contributed by atoms with Crippen molar-refractivity contribution in [3.05, 3.63) is 89.5 Å². The maximum atomic E-state index is 12.6. The molecule has 0 spiro atoms. The maximum absolute atomic E-state index is 12.6. The van der Waals surface area contributed by atoms with Gasteiger partial charge in [-0.25, -0.2) is 13.1 Å². The standard InChI is InChI=1S/C26H30N4O3S/c1-27-34(32,33)25-10-4-9-24(17-25)26(31)29-18-20-5-2-7-22(15-20)23-8-3-6-21(16-23)19-30-13-11-28-12-14-30/h2-10,15-17,27-28H,11-14,18-19H2,1H3,(H,29,31). The zero-order chi connectivity index (χ0) is 24.0. The Balaban J connectivity index is 1.43. The predicted octanol–water partition coefficient (Wildman–Crippen LogP) is 2.60. The van der Waals surface area contributed by atoms with Crippen LogP contribution in [0.15, 0.2) is 77.7 Å². The van der Waals surface area contributed by atoms with Crippen molar-refractivity contribution in [3.63, 3.8) is 0 Å². The highest BCUT2D eigenvalue weighted by molar-refractivity contribution is 7.89. The lowest BCUT2D eigenvalue weighted by Gasteiger charge is -2.27. The summed E-state index contributed by atoms with van der Waals surface area (Å²) in [6.07, 6.45) is 0. The highest BCUT2D eigenvalue weighted by Gasteiger charge is 2.14. The molecule has 0 bridgehead atoms. The number of amides is 1. The number of hydrogen-bond acceptors (Lipinski definition) is 5. The molecule has 1 aliphatic heterocycles. The third kappa shape index (κ3) is 6.09. The van der Waals surface area contributed by atoms with E-state index in [1.807, 2.05) is 12.1 Å². The number of piperazine rings is 1. The number of rotatable bonds is 8. The van der Waals surface area contributed by atoms with Gasteiger partial charge in [0.15, 0.2) is 0 Å². The van der Waals surface area contributed by atoms with E-state index in [9.17, 15) is 13.2 Å². The van der Waals surface area contributed by atoms with Crippen molar-refractivity contribution in [1.29, 1.82) is 0 Å². The summed E-state index contributed by atoms with van der Waals surface area (Å²) in [4.78, 5) is 15.2. The van der Waals surface area contributed by atoms with Crippen LogP contribution in [0, 0.1) is 0 Å². The fourth-order valence-corrected chi connectivity index (χ4v) is 4.82. The first-order valence-electron chi connectivity index (χ1n) is 11.4. The number of carbonyl (C=O) groups excluding carboxylic acids is 1. The Kier molecular flexibility index (Phi) is 7.74. The normalized spacial score (nSPS) is 14.6. The van der Waals surface area contributed by atoms with Gasteiger partial charge in [0.1, 0.15) is 0 Å². The molecule has 0 unspecified atom stereocenters. The second-order valence-corrected chi connectivity index (χ2v) is 10.2. The number of hydrogen-bond donors (Lipinski definition) is 3. The summed E-state index contributed by atoms with van der Waals surface area (Å²) in [6, 6.07) is 22.7. The van der Waals surface area contributed by atoms with Gasteiger partial charge in [-0.15, -0.1) is 0 Å². The SMILES string of the molecule is CNS(=O)(=O)c1cccc(C(=O)NCc2cccc(-c3cccc(CN4CCNCC4)c3)c2)c1. The summed E-state index contributed by atoms with van der Waals surface area (Å²) in [5.41, 5.74) is 4.79. The van der Waals surface area contributed by atoms with E-state index in [4.69, 9.17) is 0 Å². The third-order valence-electron chi connectivity index (χ3n) is 5.93. The van der Waals surface area contributed by atoms with Crippen LogP contribution in [0.5, 0.6) is 0 Å². The van der Waals surface area contributed by atoms with Crippen LogP contribution >= 0.6 is 0 Å². The second kappa shape index (κ2) is 10.9. The molecule has 0 aliphatic carbocycles. The Bertz CT molecular complexity index is 1250. The quantitative estimate of drug-likeness (QED) is 0.463. The number of carbonyl (C=O) groups is 1. The Morgan fingerprint density at radius 2 is 1.56 bits per heavy atom. The van der Waals surface area contributed by atoms with Crippen LogP contribution in [0.25, 0.3) is 11.1 Å². The molecule has 1 heterocycles. The molecule has 0 radical (unpaired) electrons. The maximum Gasteiger partial charge on any atom is 0.251 e. The van der Waals surface area contributed by atoms with Gasteiger partial charge in [0.25, 0.3) is 5.91 Å². The van der Waals surface area contributed by atoms with Crippen LogP contribution in [0.4, 0.5) is 0 Å². The molecule has 1 aliphatic rings. The Hall–Kier alpha value is -3.04. The van der Waals surface area contributed by atoms with E-state index in [0.717, 1.165) is 49.4 Å². The average molecular weight is 479 g/mol. The van der Waals surface area contributed by atoms with Crippen LogP contribution < -0.4 is 15.4 Å². The minimum atomic E-state index is -3.61.